The van der Waals surface area contributed by atoms with Crippen LogP contribution in [-0.4, -0.2) is 44.5 Å². The van der Waals surface area contributed by atoms with E-state index < -0.39 is 0 Å². The number of benzene rings is 2. The fourth-order valence-corrected chi connectivity index (χ4v) is 4.12. The Hall–Kier alpha value is -3.39. The lowest BCUT2D eigenvalue weighted by atomic mass is 10.0. The minimum absolute atomic E-state index is 0.104. The van der Waals surface area contributed by atoms with Gasteiger partial charge in [-0.3, -0.25) is 4.79 Å². The molecule has 2 heterocycles. The van der Waals surface area contributed by atoms with Crippen LogP contribution in [0, 0.1) is 5.92 Å². The summed E-state index contributed by atoms with van der Waals surface area (Å²) in [5.41, 5.74) is 3.63. The van der Waals surface area contributed by atoms with E-state index in [9.17, 15) is 4.79 Å². The van der Waals surface area contributed by atoms with Crippen LogP contribution < -0.4 is 10.6 Å². The maximum Gasteiger partial charge on any atom is 0.251 e. The zero-order chi connectivity index (χ0) is 23.9. The largest absolute Gasteiger partial charge is 0.369 e. The first kappa shape index (κ1) is 23.8. The highest BCUT2D eigenvalue weighted by atomic mass is 32.2. The summed E-state index contributed by atoms with van der Waals surface area (Å²) in [6.45, 7) is 8.20. The molecule has 0 fully saturated rings. The highest BCUT2D eigenvalue weighted by Gasteiger charge is 2.14. The first-order valence-corrected chi connectivity index (χ1v) is 12.6. The number of amides is 1. The van der Waals surface area contributed by atoms with Gasteiger partial charge in [-0.15, -0.1) is 0 Å². The summed E-state index contributed by atoms with van der Waals surface area (Å²) in [5.74, 6) is 2.09. The number of hydrogen-bond donors (Lipinski definition) is 2. The lowest BCUT2D eigenvalue weighted by Crippen LogP contribution is -2.27. The quantitative estimate of drug-likeness (QED) is 0.246. The SMILES string of the molecule is CCSc1nc(NCC(C)C)c2cnn(CCNC(=O)c3ccc(-c4ccccc4)cc3)c2n1. The topological polar surface area (TPSA) is 84.7 Å². The smallest absolute Gasteiger partial charge is 0.251 e. The van der Waals surface area contributed by atoms with Gasteiger partial charge in [-0.2, -0.15) is 5.10 Å². The number of carbonyl (C=O) groups is 1. The number of thioether (sulfide) groups is 1. The van der Waals surface area contributed by atoms with Crippen molar-refractivity contribution >= 4 is 34.5 Å². The van der Waals surface area contributed by atoms with E-state index in [-0.39, 0.29) is 5.91 Å². The fourth-order valence-electron chi connectivity index (χ4n) is 3.55. The lowest BCUT2D eigenvalue weighted by molar-refractivity contribution is 0.0952. The van der Waals surface area contributed by atoms with Crippen molar-refractivity contribution in [1.29, 1.82) is 0 Å². The van der Waals surface area contributed by atoms with Gasteiger partial charge in [0.2, 0.25) is 0 Å². The molecule has 7 nitrogen and oxygen atoms in total. The summed E-state index contributed by atoms with van der Waals surface area (Å²) in [5, 5.41) is 12.5. The average Bonchev–Trinajstić information content (AvgIpc) is 3.26. The van der Waals surface area contributed by atoms with Crippen molar-refractivity contribution in [2.24, 2.45) is 5.92 Å². The van der Waals surface area contributed by atoms with Crippen LogP contribution in [0.5, 0.6) is 0 Å². The Kier molecular flexibility index (Phi) is 7.80. The van der Waals surface area contributed by atoms with E-state index in [0.29, 0.717) is 24.6 Å². The van der Waals surface area contributed by atoms with Crippen LogP contribution in [-0.2, 0) is 6.54 Å². The van der Waals surface area contributed by atoms with Crippen molar-refractivity contribution in [3.8, 4) is 11.1 Å². The second-order valence-corrected chi connectivity index (χ2v) is 9.60. The standard InChI is InChI=1S/C26H30N6OS/c1-4-34-26-30-23(28-16-18(2)3)22-17-29-32(24(22)31-26)15-14-27-25(33)21-12-10-20(11-13-21)19-8-6-5-7-9-19/h5-13,17-18H,4,14-16H2,1-3H3,(H,27,33)(H,28,30,31). The normalized spacial score (nSPS) is 11.2. The van der Waals surface area contributed by atoms with Crippen LogP contribution in [0.4, 0.5) is 5.82 Å². The molecule has 0 aliphatic heterocycles. The monoisotopic (exact) mass is 474 g/mol. The molecule has 0 radical (unpaired) electrons. The molecule has 4 rings (SSSR count). The molecule has 0 spiro atoms. The third kappa shape index (κ3) is 5.75. The second-order valence-electron chi connectivity index (χ2n) is 8.37. The predicted octanol–water partition coefficient (Wildman–Crippen LogP) is 5.10. The molecule has 0 saturated heterocycles. The first-order chi connectivity index (χ1) is 16.5. The van der Waals surface area contributed by atoms with E-state index in [4.69, 9.17) is 4.98 Å². The molecule has 0 aliphatic rings. The van der Waals surface area contributed by atoms with E-state index in [2.05, 4.69) is 53.6 Å². The molecule has 2 N–H and O–H groups in total. The molecular weight excluding hydrogens is 444 g/mol. The van der Waals surface area contributed by atoms with Gasteiger partial charge < -0.3 is 10.6 Å². The van der Waals surface area contributed by atoms with Crippen molar-refractivity contribution in [2.75, 3.05) is 24.2 Å². The Bertz CT molecular complexity index is 1240. The summed E-state index contributed by atoms with van der Waals surface area (Å²) in [6.07, 6.45) is 1.79. The molecule has 2 aromatic heterocycles. The summed E-state index contributed by atoms with van der Waals surface area (Å²) in [7, 11) is 0. The minimum Gasteiger partial charge on any atom is -0.369 e. The highest BCUT2D eigenvalue weighted by molar-refractivity contribution is 7.99. The molecule has 0 saturated carbocycles. The van der Waals surface area contributed by atoms with Crippen molar-refractivity contribution in [2.45, 2.75) is 32.5 Å². The Morgan fingerprint density at radius 3 is 2.47 bits per heavy atom. The van der Waals surface area contributed by atoms with Gasteiger partial charge in [0.05, 0.1) is 18.1 Å². The van der Waals surface area contributed by atoms with Crippen LogP contribution in [0.15, 0.2) is 66.0 Å². The molecular formula is C26H30N6OS. The summed E-state index contributed by atoms with van der Waals surface area (Å²) in [6, 6.07) is 17.8. The molecule has 1 amide bonds. The van der Waals surface area contributed by atoms with Gasteiger partial charge in [-0.05, 0) is 34.9 Å². The number of anilines is 1. The first-order valence-electron chi connectivity index (χ1n) is 11.6. The van der Waals surface area contributed by atoms with E-state index in [1.165, 1.54) is 0 Å². The second kappa shape index (κ2) is 11.2. The van der Waals surface area contributed by atoms with Gasteiger partial charge in [0.25, 0.3) is 5.91 Å². The summed E-state index contributed by atoms with van der Waals surface area (Å²) < 4.78 is 1.83. The van der Waals surface area contributed by atoms with Crippen molar-refractivity contribution in [3.05, 3.63) is 66.4 Å². The number of nitrogens with one attached hydrogen (secondary N) is 2. The Morgan fingerprint density at radius 1 is 1.03 bits per heavy atom. The molecule has 2 aromatic carbocycles. The van der Waals surface area contributed by atoms with Gasteiger partial charge >= 0.3 is 0 Å². The van der Waals surface area contributed by atoms with Crippen LogP contribution >= 0.6 is 11.8 Å². The predicted molar refractivity (Wildman–Crippen MR) is 139 cm³/mol. The molecule has 0 aliphatic carbocycles. The number of rotatable bonds is 10. The maximum absolute atomic E-state index is 12.6. The molecule has 8 heteroatoms. The van der Waals surface area contributed by atoms with Crippen LogP contribution in [0.3, 0.4) is 0 Å². The lowest BCUT2D eigenvalue weighted by Gasteiger charge is -2.11. The van der Waals surface area contributed by atoms with Crippen molar-refractivity contribution < 1.29 is 4.79 Å². The summed E-state index contributed by atoms with van der Waals surface area (Å²) >= 11 is 1.60. The zero-order valence-corrected chi connectivity index (χ0v) is 20.6. The average molecular weight is 475 g/mol. The molecule has 0 atom stereocenters. The van der Waals surface area contributed by atoms with E-state index in [1.807, 2.05) is 47.1 Å². The van der Waals surface area contributed by atoms with Gasteiger partial charge in [0.1, 0.15) is 5.82 Å². The minimum atomic E-state index is -0.104. The van der Waals surface area contributed by atoms with Gasteiger partial charge in [-0.25, -0.2) is 14.6 Å². The molecule has 0 unspecified atom stereocenters. The maximum atomic E-state index is 12.6. The molecule has 4 aromatic rings. The van der Waals surface area contributed by atoms with Crippen LogP contribution in [0.25, 0.3) is 22.2 Å². The zero-order valence-electron chi connectivity index (χ0n) is 19.8. The molecule has 176 valence electrons. The number of fused-ring (bicyclic) bond motifs is 1. The Balaban J connectivity index is 1.42. The fraction of sp³-hybridized carbons (Fsp3) is 0.308. The van der Waals surface area contributed by atoms with Gasteiger partial charge in [0, 0.05) is 18.7 Å². The molecule has 34 heavy (non-hydrogen) atoms. The number of nitrogens with zero attached hydrogens (tertiary/aromatic N) is 4. The van der Waals surface area contributed by atoms with Gasteiger partial charge in [-0.1, -0.05) is 75.0 Å². The molecule has 0 bridgehead atoms. The van der Waals surface area contributed by atoms with Gasteiger partial charge in [0.15, 0.2) is 10.8 Å². The number of carbonyl (C=O) groups excluding carboxylic acids is 1. The van der Waals surface area contributed by atoms with E-state index in [0.717, 1.165) is 45.4 Å². The van der Waals surface area contributed by atoms with Crippen molar-refractivity contribution in [3.63, 3.8) is 0 Å². The Labute approximate surface area is 204 Å². The van der Waals surface area contributed by atoms with Crippen LogP contribution in [0.2, 0.25) is 0 Å². The third-order valence-electron chi connectivity index (χ3n) is 5.29. The van der Waals surface area contributed by atoms with Crippen molar-refractivity contribution in [1.82, 2.24) is 25.1 Å². The number of aromatic nitrogens is 4. The Morgan fingerprint density at radius 2 is 1.76 bits per heavy atom. The third-order valence-corrected chi connectivity index (χ3v) is 6.02. The van der Waals surface area contributed by atoms with E-state index in [1.54, 1.807) is 18.0 Å². The highest BCUT2D eigenvalue weighted by Crippen LogP contribution is 2.24. The van der Waals surface area contributed by atoms with E-state index >= 15 is 0 Å². The summed E-state index contributed by atoms with van der Waals surface area (Å²) in [4.78, 5) is 22.0. The van der Waals surface area contributed by atoms with Crippen LogP contribution in [0.1, 0.15) is 31.1 Å². The number of hydrogen-bond acceptors (Lipinski definition) is 6.